The van der Waals surface area contributed by atoms with Crippen LogP contribution in [-0.4, -0.2) is 35.6 Å². The Bertz CT molecular complexity index is 265. The summed E-state index contributed by atoms with van der Waals surface area (Å²) in [6, 6.07) is 0. The van der Waals surface area contributed by atoms with Crippen LogP contribution in [0.25, 0.3) is 0 Å². The molecule has 2 rings (SSSR count). The van der Waals surface area contributed by atoms with Crippen LogP contribution in [-0.2, 0) is 4.79 Å². The summed E-state index contributed by atoms with van der Waals surface area (Å²) in [5.41, 5.74) is 0. The Kier molecular flexibility index (Phi) is 3.53. The van der Waals surface area contributed by atoms with E-state index in [0.29, 0.717) is 24.8 Å². The first-order chi connectivity index (χ1) is 7.58. The molecule has 2 aliphatic carbocycles. The zero-order valence-electron chi connectivity index (χ0n) is 10.4. The van der Waals surface area contributed by atoms with E-state index in [0.717, 1.165) is 12.3 Å². The van der Waals surface area contributed by atoms with Gasteiger partial charge in [-0.3, -0.25) is 4.79 Å². The molecule has 0 spiro atoms. The molecule has 4 atom stereocenters. The average Bonchev–Trinajstić information content (AvgIpc) is 2.86. The third-order valence-electron chi connectivity index (χ3n) is 4.31. The van der Waals surface area contributed by atoms with E-state index in [1.165, 1.54) is 19.3 Å². The third-order valence-corrected chi connectivity index (χ3v) is 4.31. The summed E-state index contributed by atoms with van der Waals surface area (Å²) in [5.74, 6) is 2.08. The van der Waals surface area contributed by atoms with Crippen molar-refractivity contribution in [1.29, 1.82) is 0 Å². The molecule has 1 amide bonds. The minimum absolute atomic E-state index is 0.290. The van der Waals surface area contributed by atoms with E-state index >= 15 is 0 Å². The van der Waals surface area contributed by atoms with Crippen molar-refractivity contribution in [3.8, 4) is 0 Å². The van der Waals surface area contributed by atoms with Gasteiger partial charge in [0.1, 0.15) is 0 Å². The lowest BCUT2D eigenvalue weighted by Gasteiger charge is -2.26. The predicted molar refractivity (Wildman–Crippen MR) is 62.9 cm³/mol. The first-order valence-electron chi connectivity index (χ1n) is 6.51. The monoisotopic (exact) mass is 225 g/mol. The fourth-order valence-electron chi connectivity index (χ4n) is 3.32. The van der Waals surface area contributed by atoms with E-state index in [4.69, 9.17) is 0 Å². The van der Waals surface area contributed by atoms with Crippen molar-refractivity contribution in [3.05, 3.63) is 0 Å². The van der Waals surface area contributed by atoms with E-state index < -0.39 is 0 Å². The highest BCUT2D eigenvalue weighted by molar-refractivity contribution is 5.79. The maximum Gasteiger partial charge on any atom is 0.225 e. The second-order valence-electron chi connectivity index (χ2n) is 5.68. The number of nitrogens with zero attached hydrogens (tertiary/aromatic N) is 1. The third kappa shape index (κ3) is 2.40. The van der Waals surface area contributed by atoms with Gasteiger partial charge >= 0.3 is 0 Å². The molecule has 0 aromatic rings. The molecule has 0 aromatic heterocycles. The fraction of sp³-hybridized carbons (Fsp3) is 0.923. The number of fused-ring (bicyclic) bond motifs is 2. The van der Waals surface area contributed by atoms with Gasteiger partial charge in [-0.15, -0.1) is 0 Å². The zero-order chi connectivity index (χ0) is 11.7. The van der Waals surface area contributed by atoms with E-state index in [1.807, 2.05) is 11.9 Å². The topological polar surface area (TPSA) is 40.5 Å². The number of amides is 1. The number of carbonyl (C=O) groups excluding carboxylic acids is 1. The summed E-state index contributed by atoms with van der Waals surface area (Å²) >= 11 is 0. The van der Waals surface area contributed by atoms with Crippen molar-refractivity contribution >= 4 is 5.91 Å². The van der Waals surface area contributed by atoms with Gasteiger partial charge in [-0.2, -0.15) is 0 Å². The normalized spacial score (nSPS) is 34.1. The molecule has 0 saturated heterocycles. The van der Waals surface area contributed by atoms with Crippen LogP contribution >= 0.6 is 0 Å². The molecule has 92 valence electrons. The van der Waals surface area contributed by atoms with E-state index in [-0.39, 0.29) is 12.0 Å². The largest absolute Gasteiger partial charge is 0.393 e. The molecule has 0 radical (unpaired) electrons. The lowest BCUT2D eigenvalue weighted by atomic mass is 9.88. The Labute approximate surface area is 97.8 Å². The Morgan fingerprint density at radius 3 is 2.69 bits per heavy atom. The average molecular weight is 225 g/mol. The van der Waals surface area contributed by atoms with Crippen molar-refractivity contribution in [2.45, 2.75) is 45.1 Å². The lowest BCUT2D eigenvalue weighted by molar-refractivity contribution is -0.136. The highest BCUT2D eigenvalue weighted by Crippen LogP contribution is 2.48. The summed E-state index contributed by atoms with van der Waals surface area (Å²) < 4.78 is 0. The molecule has 0 aliphatic heterocycles. The first kappa shape index (κ1) is 11.9. The quantitative estimate of drug-likeness (QED) is 0.790. The van der Waals surface area contributed by atoms with Gasteiger partial charge in [-0.1, -0.05) is 6.42 Å². The molecule has 2 bridgehead atoms. The molecule has 1 N–H and O–H groups in total. The number of hydrogen-bond acceptors (Lipinski definition) is 2. The Balaban J connectivity index is 1.83. The highest BCUT2D eigenvalue weighted by Gasteiger charge is 2.43. The maximum atomic E-state index is 12.2. The second kappa shape index (κ2) is 4.74. The van der Waals surface area contributed by atoms with Crippen molar-refractivity contribution in [1.82, 2.24) is 4.90 Å². The van der Waals surface area contributed by atoms with Crippen molar-refractivity contribution in [2.75, 3.05) is 13.6 Å². The van der Waals surface area contributed by atoms with E-state index in [2.05, 4.69) is 0 Å². The van der Waals surface area contributed by atoms with Gasteiger partial charge in [0, 0.05) is 19.5 Å². The minimum atomic E-state index is -0.310. The Morgan fingerprint density at radius 1 is 1.44 bits per heavy atom. The summed E-state index contributed by atoms with van der Waals surface area (Å²) in [5, 5.41) is 9.22. The molecule has 0 heterocycles. The molecule has 2 fully saturated rings. The molecule has 4 unspecified atom stereocenters. The SMILES string of the molecule is CC(O)CCN(C)C(=O)C1CC2CCC1C2. The first-order valence-corrected chi connectivity index (χ1v) is 6.51. The van der Waals surface area contributed by atoms with Crippen LogP contribution in [0.3, 0.4) is 0 Å². The molecular formula is C13H23NO2. The fourth-order valence-corrected chi connectivity index (χ4v) is 3.32. The van der Waals surface area contributed by atoms with Crippen molar-refractivity contribution < 1.29 is 9.90 Å². The predicted octanol–water partition coefficient (Wildman–Crippen LogP) is 1.65. The van der Waals surface area contributed by atoms with Crippen LogP contribution in [0.5, 0.6) is 0 Å². The smallest absolute Gasteiger partial charge is 0.225 e. The molecule has 16 heavy (non-hydrogen) atoms. The molecular weight excluding hydrogens is 202 g/mol. The minimum Gasteiger partial charge on any atom is -0.393 e. The number of rotatable bonds is 4. The second-order valence-corrected chi connectivity index (χ2v) is 5.68. The van der Waals surface area contributed by atoms with Crippen LogP contribution in [0.4, 0.5) is 0 Å². The van der Waals surface area contributed by atoms with E-state index in [9.17, 15) is 9.90 Å². The van der Waals surface area contributed by atoms with Crippen LogP contribution in [0.15, 0.2) is 0 Å². The van der Waals surface area contributed by atoms with Crippen LogP contribution in [0.2, 0.25) is 0 Å². The van der Waals surface area contributed by atoms with Gasteiger partial charge in [-0.05, 0) is 44.4 Å². The number of aliphatic hydroxyl groups is 1. The van der Waals surface area contributed by atoms with Crippen LogP contribution in [0.1, 0.15) is 39.0 Å². The molecule has 3 nitrogen and oxygen atoms in total. The molecule has 3 heteroatoms. The van der Waals surface area contributed by atoms with Gasteiger partial charge in [-0.25, -0.2) is 0 Å². The highest BCUT2D eigenvalue weighted by atomic mass is 16.3. The zero-order valence-corrected chi connectivity index (χ0v) is 10.4. The van der Waals surface area contributed by atoms with Crippen molar-refractivity contribution in [2.24, 2.45) is 17.8 Å². The van der Waals surface area contributed by atoms with Crippen LogP contribution < -0.4 is 0 Å². The number of hydrogen-bond donors (Lipinski definition) is 1. The van der Waals surface area contributed by atoms with Gasteiger partial charge in [0.05, 0.1) is 6.10 Å². The Hall–Kier alpha value is -0.570. The number of carbonyl (C=O) groups is 1. The molecule has 2 saturated carbocycles. The van der Waals surface area contributed by atoms with Gasteiger partial charge in [0.2, 0.25) is 5.91 Å². The lowest BCUT2D eigenvalue weighted by Crippen LogP contribution is -2.36. The molecule has 2 aliphatic rings. The van der Waals surface area contributed by atoms with E-state index in [1.54, 1.807) is 6.92 Å². The maximum absolute atomic E-state index is 12.2. The standard InChI is InChI=1S/C13H23NO2/c1-9(15)5-6-14(2)13(16)12-8-10-3-4-11(12)7-10/h9-12,15H,3-8H2,1-2H3. The summed E-state index contributed by atoms with van der Waals surface area (Å²) in [6.07, 6.45) is 5.36. The van der Waals surface area contributed by atoms with Gasteiger partial charge in [0.25, 0.3) is 0 Å². The summed E-state index contributed by atoms with van der Waals surface area (Å²) in [7, 11) is 1.87. The number of aliphatic hydroxyl groups excluding tert-OH is 1. The summed E-state index contributed by atoms with van der Waals surface area (Å²) in [6.45, 7) is 2.46. The van der Waals surface area contributed by atoms with Gasteiger partial charge in [0.15, 0.2) is 0 Å². The van der Waals surface area contributed by atoms with Gasteiger partial charge < -0.3 is 10.0 Å². The molecule has 0 aromatic carbocycles. The Morgan fingerprint density at radius 2 is 2.19 bits per heavy atom. The summed E-state index contributed by atoms with van der Waals surface area (Å²) in [4.78, 5) is 14.0. The van der Waals surface area contributed by atoms with Crippen LogP contribution in [0, 0.1) is 17.8 Å². The van der Waals surface area contributed by atoms with Crippen molar-refractivity contribution in [3.63, 3.8) is 0 Å².